The van der Waals surface area contributed by atoms with Crippen LogP contribution in [0.2, 0.25) is 5.02 Å². The van der Waals surface area contributed by atoms with Gasteiger partial charge in [-0.3, -0.25) is 4.79 Å². The van der Waals surface area contributed by atoms with E-state index in [2.05, 4.69) is 30.4 Å². The molecule has 0 saturated carbocycles. The maximum absolute atomic E-state index is 12.4. The van der Waals surface area contributed by atoms with E-state index in [1.807, 2.05) is 19.1 Å². The van der Waals surface area contributed by atoms with Gasteiger partial charge in [0.2, 0.25) is 5.91 Å². The fourth-order valence-electron chi connectivity index (χ4n) is 2.46. The average Bonchev–Trinajstić information content (AvgIpc) is 2.85. The van der Waals surface area contributed by atoms with Gasteiger partial charge in [0, 0.05) is 15.6 Å². The van der Waals surface area contributed by atoms with E-state index >= 15 is 0 Å². The molecule has 2 aromatic rings. The van der Waals surface area contributed by atoms with Crippen LogP contribution in [-0.4, -0.2) is 11.2 Å². The Balaban J connectivity index is 1.73. The molecule has 108 valence electrons. The number of thioether (sulfide) groups is 1. The van der Waals surface area contributed by atoms with Crippen molar-refractivity contribution in [3.8, 4) is 0 Å². The van der Waals surface area contributed by atoms with Crippen LogP contribution in [0.25, 0.3) is 0 Å². The number of nitrogens with one attached hydrogen (secondary N) is 1. The number of hydrogen-bond acceptors (Lipinski definition) is 2. The second-order valence-corrected chi connectivity index (χ2v) is 7.05. The first-order chi connectivity index (χ1) is 10.0. The van der Waals surface area contributed by atoms with Crippen molar-refractivity contribution in [1.82, 2.24) is 0 Å². The van der Waals surface area contributed by atoms with Crippen molar-refractivity contribution < 1.29 is 4.79 Å². The van der Waals surface area contributed by atoms with Gasteiger partial charge in [0.15, 0.2) is 0 Å². The van der Waals surface area contributed by atoms with E-state index in [9.17, 15) is 4.79 Å². The molecule has 0 spiro atoms. The Morgan fingerprint density at radius 1 is 1.24 bits per heavy atom. The summed E-state index contributed by atoms with van der Waals surface area (Å²) in [4.78, 5) is 13.7. The van der Waals surface area contributed by atoms with E-state index < -0.39 is 0 Å². The molecule has 2 nitrogen and oxygen atoms in total. The number of rotatable bonds is 2. The van der Waals surface area contributed by atoms with Gasteiger partial charge in [-0.25, -0.2) is 0 Å². The Hall–Kier alpha value is -1.45. The van der Waals surface area contributed by atoms with Gasteiger partial charge in [-0.05, 0) is 55.7 Å². The maximum Gasteiger partial charge on any atom is 0.238 e. The lowest BCUT2D eigenvalue weighted by Gasteiger charge is -2.12. The third-order valence-electron chi connectivity index (χ3n) is 3.64. The summed E-state index contributed by atoms with van der Waals surface area (Å²) in [5, 5.41) is 3.64. The summed E-state index contributed by atoms with van der Waals surface area (Å²) in [5.41, 5.74) is 4.30. The van der Waals surface area contributed by atoms with Crippen LogP contribution in [0.5, 0.6) is 0 Å². The van der Waals surface area contributed by atoms with Crippen molar-refractivity contribution in [2.45, 2.75) is 30.4 Å². The number of hydrogen-bond donors (Lipinski definition) is 1. The average molecular weight is 318 g/mol. The minimum Gasteiger partial charge on any atom is -0.325 e. The molecule has 0 fully saturated rings. The standard InChI is InChI=1S/C17H16ClNOS/c1-10-3-4-12-9-16(21-15(12)7-10)17(20)19-14-6-5-13(18)8-11(14)2/h3-8,16H,9H2,1-2H3,(H,19,20)/t16-/m1/s1. The van der Waals surface area contributed by atoms with Crippen LogP contribution in [0.4, 0.5) is 5.69 Å². The molecular weight excluding hydrogens is 302 g/mol. The van der Waals surface area contributed by atoms with E-state index in [-0.39, 0.29) is 11.2 Å². The third-order valence-corrected chi connectivity index (χ3v) is 5.17. The Labute approximate surface area is 133 Å². The second kappa shape index (κ2) is 5.74. The molecule has 1 heterocycles. The van der Waals surface area contributed by atoms with Gasteiger partial charge in [-0.15, -0.1) is 11.8 Å². The van der Waals surface area contributed by atoms with E-state index in [0.29, 0.717) is 5.02 Å². The largest absolute Gasteiger partial charge is 0.325 e. The number of halogens is 1. The number of aryl methyl sites for hydroxylation is 2. The Bertz CT molecular complexity index is 714. The highest BCUT2D eigenvalue weighted by Gasteiger charge is 2.28. The molecule has 1 aliphatic heterocycles. The van der Waals surface area contributed by atoms with E-state index in [1.54, 1.807) is 17.8 Å². The zero-order chi connectivity index (χ0) is 15.0. The Morgan fingerprint density at radius 2 is 2.05 bits per heavy atom. The number of carbonyl (C=O) groups is 1. The molecule has 3 rings (SSSR count). The minimum absolute atomic E-state index is 0.0549. The zero-order valence-corrected chi connectivity index (χ0v) is 13.5. The molecule has 0 saturated heterocycles. The molecule has 0 unspecified atom stereocenters. The number of anilines is 1. The Kier molecular flexibility index (Phi) is 3.96. The highest BCUT2D eigenvalue weighted by Crippen LogP contribution is 2.38. The smallest absolute Gasteiger partial charge is 0.238 e. The number of carbonyl (C=O) groups excluding carboxylic acids is 1. The van der Waals surface area contributed by atoms with Gasteiger partial charge < -0.3 is 5.32 Å². The quantitative estimate of drug-likeness (QED) is 0.876. The number of fused-ring (bicyclic) bond motifs is 1. The molecule has 21 heavy (non-hydrogen) atoms. The van der Waals surface area contributed by atoms with Gasteiger partial charge in [0.25, 0.3) is 0 Å². The number of benzene rings is 2. The molecule has 2 aromatic carbocycles. The van der Waals surface area contributed by atoms with Gasteiger partial charge in [-0.2, -0.15) is 0 Å². The molecule has 1 amide bonds. The summed E-state index contributed by atoms with van der Waals surface area (Å²) in [6.45, 7) is 4.02. The van der Waals surface area contributed by atoms with Crippen LogP contribution in [0, 0.1) is 13.8 Å². The summed E-state index contributed by atoms with van der Waals surface area (Å²) < 4.78 is 0. The van der Waals surface area contributed by atoms with Gasteiger partial charge in [0.1, 0.15) is 0 Å². The summed E-state index contributed by atoms with van der Waals surface area (Å²) >= 11 is 7.59. The molecular formula is C17H16ClNOS. The zero-order valence-electron chi connectivity index (χ0n) is 11.9. The molecule has 1 atom stereocenters. The molecule has 0 bridgehead atoms. The highest BCUT2D eigenvalue weighted by atomic mass is 35.5. The van der Waals surface area contributed by atoms with Gasteiger partial charge in [-0.1, -0.05) is 29.3 Å². The summed E-state index contributed by atoms with van der Waals surface area (Å²) in [5.74, 6) is 0.0549. The van der Waals surface area contributed by atoms with Crippen molar-refractivity contribution in [3.05, 3.63) is 58.1 Å². The molecule has 0 radical (unpaired) electrons. The summed E-state index contributed by atoms with van der Waals surface area (Å²) in [6.07, 6.45) is 0.790. The SMILES string of the molecule is Cc1ccc2c(c1)S[C@@H](C(=O)Nc1ccc(Cl)cc1C)C2. The fourth-order valence-corrected chi connectivity index (χ4v) is 3.98. The van der Waals surface area contributed by atoms with Crippen molar-refractivity contribution in [2.75, 3.05) is 5.32 Å². The Morgan fingerprint density at radius 3 is 2.81 bits per heavy atom. The van der Waals surface area contributed by atoms with Crippen LogP contribution < -0.4 is 5.32 Å². The van der Waals surface area contributed by atoms with Crippen LogP contribution in [-0.2, 0) is 11.2 Å². The van der Waals surface area contributed by atoms with Crippen LogP contribution >= 0.6 is 23.4 Å². The van der Waals surface area contributed by atoms with Gasteiger partial charge >= 0.3 is 0 Å². The lowest BCUT2D eigenvalue weighted by Crippen LogP contribution is -2.25. The van der Waals surface area contributed by atoms with Crippen molar-refractivity contribution in [1.29, 1.82) is 0 Å². The van der Waals surface area contributed by atoms with Crippen LogP contribution in [0.3, 0.4) is 0 Å². The lowest BCUT2D eigenvalue weighted by atomic mass is 10.1. The van der Waals surface area contributed by atoms with Gasteiger partial charge in [0.05, 0.1) is 5.25 Å². The lowest BCUT2D eigenvalue weighted by molar-refractivity contribution is -0.115. The molecule has 1 N–H and O–H groups in total. The van der Waals surface area contributed by atoms with E-state index in [0.717, 1.165) is 17.7 Å². The van der Waals surface area contributed by atoms with Crippen molar-refractivity contribution in [2.24, 2.45) is 0 Å². The first-order valence-corrected chi connectivity index (χ1v) is 8.12. The first-order valence-electron chi connectivity index (χ1n) is 6.86. The monoisotopic (exact) mass is 317 g/mol. The highest BCUT2D eigenvalue weighted by molar-refractivity contribution is 8.01. The second-order valence-electron chi connectivity index (χ2n) is 5.37. The predicted molar refractivity (Wildman–Crippen MR) is 89.3 cm³/mol. The minimum atomic E-state index is -0.0584. The van der Waals surface area contributed by atoms with Crippen molar-refractivity contribution >= 4 is 35.0 Å². The first kappa shape index (κ1) is 14.5. The fraction of sp³-hybridized carbons (Fsp3) is 0.235. The molecule has 0 aromatic heterocycles. The molecule has 1 aliphatic rings. The molecule has 0 aliphatic carbocycles. The van der Waals surface area contributed by atoms with E-state index in [4.69, 9.17) is 11.6 Å². The normalized spacial score (nSPS) is 16.6. The van der Waals surface area contributed by atoms with Crippen LogP contribution in [0.15, 0.2) is 41.3 Å². The third kappa shape index (κ3) is 3.09. The number of amides is 1. The van der Waals surface area contributed by atoms with E-state index in [1.165, 1.54) is 16.0 Å². The predicted octanol–water partition coefficient (Wildman–Crippen LogP) is 4.61. The topological polar surface area (TPSA) is 29.1 Å². The van der Waals surface area contributed by atoms with Crippen molar-refractivity contribution in [3.63, 3.8) is 0 Å². The summed E-state index contributed by atoms with van der Waals surface area (Å²) in [6, 6.07) is 11.9. The molecule has 4 heteroatoms. The van der Waals surface area contributed by atoms with Crippen LogP contribution in [0.1, 0.15) is 16.7 Å². The maximum atomic E-state index is 12.4. The summed E-state index contributed by atoms with van der Waals surface area (Å²) in [7, 11) is 0.